The molecule has 0 saturated heterocycles. The Labute approximate surface area is 77.7 Å². The highest BCUT2D eigenvalue weighted by Crippen LogP contribution is 2.18. The van der Waals surface area contributed by atoms with Gasteiger partial charge in [0.15, 0.2) is 0 Å². The maximum atomic E-state index is 11.5. The van der Waals surface area contributed by atoms with E-state index in [1.807, 2.05) is 30.1 Å². The first-order valence-corrected chi connectivity index (χ1v) is 4.68. The monoisotopic (exact) mass is 178 g/mol. The van der Waals surface area contributed by atoms with Crippen molar-refractivity contribution < 1.29 is 4.79 Å². The lowest BCUT2D eigenvalue weighted by atomic mass is 9.93. The van der Waals surface area contributed by atoms with Crippen LogP contribution in [0.2, 0.25) is 0 Å². The normalized spacial score (nSPS) is 16.7. The van der Waals surface area contributed by atoms with Gasteiger partial charge in [-0.3, -0.25) is 4.79 Å². The van der Waals surface area contributed by atoms with Crippen LogP contribution in [0.25, 0.3) is 0 Å². The Hall–Kier alpha value is -1.25. The topological polar surface area (TPSA) is 34.0 Å². The lowest BCUT2D eigenvalue weighted by Gasteiger charge is -2.26. The third-order valence-corrected chi connectivity index (χ3v) is 2.53. The Morgan fingerprint density at radius 1 is 1.62 bits per heavy atom. The third-order valence-electron chi connectivity index (χ3n) is 2.53. The van der Waals surface area contributed by atoms with E-state index in [9.17, 15) is 4.79 Å². The van der Waals surface area contributed by atoms with E-state index in [0.717, 1.165) is 18.4 Å². The van der Waals surface area contributed by atoms with Gasteiger partial charge in [0.05, 0.1) is 5.56 Å². The summed E-state index contributed by atoms with van der Waals surface area (Å²) in [5.74, 6) is 0.0605. The number of aromatic nitrogens is 1. The number of aryl methyl sites for hydroxylation is 1. The quantitative estimate of drug-likeness (QED) is 0.727. The lowest BCUT2D eigenvalue weighted by Crippen LogP contribution is -2.39. The van der Waals surface area contributed by atoms with Gasteiger partial charge in [-0.2, -0.15) is 0 Å². The molecule has 3 nitrogen and oxygen atoms in total. The zero-order valence-corrected chi connectivity index (χ0v) is 7.79. The molecule has 2 rings (SSSR count). The lowest BCUT2D eigenvalue weighted by molar-refractivity contribution is 0.0917. The molecule has 0 bridgehead atoms. The van der Waals surface area contributed by atoms with Gasteiger partial charge < -0.3 is 9.88 Å². The molecule has 0 radical (unpaired) electrons. The molecule has 1 aliphatic rings. The minimum absolute atomic E-state index is 0.0605. The minimum atomic E-state index is 0.0605. The van der Waals surface area contributed by atoms with Crippen LogP contribution in [0.15, 0.2) is 18.5 Å². The molecule has 0 aliphatic heterocycles. The van der Waals surface area contributed by atoms with Crippen LogP contribution in [0.3, 0.4) is 0 Å². The first-order chi connectivity index (χ1) is 6.25. The first kappa shape index (κ1) is 8.35. The number of carbonyl (C=O) groups excluding carboxylic acids is 1. The van der Waals surface area contributed by atoms with Crippen LogP contribution in [0.1, 0.15) is 29.6 Å². The molecule has 70 valence electrons. The summed E-state index contributed by atoms with van der Waals surface area (Å²) < 4.78 is 1.88. The molecule has 0 aromatic carbocycles. The van der Waals surface area contributed by atoms with Crippen LogP contribution in [-0.4, -0.2) is 16.5 Å². The standard InChI is InChI=1S/C10H14N2O/c1-12-6-5-8(7-12)10(13)11-9-3-2-4-9/h5-7,9H,2-4H2,1H3,(H,11,13). The Morgan fingerprint density at radius 2 is 2.38 bits per heavy atom. The number of rotatable bonds is 2. The van der Waals surface area contributed by atoms with Crippen molar-refractivity contribution in [3.05, 3.63) is 24.0 Å². The fraction of sp³-hybridized carbons (Fsp3) is 0.500. The average Bonchev–Trinajstić information content (AvgIpc) is 2.44. The molecular weight excluding hydrogens is 164 g/mol. The van der Waals surface area contributed by atoms with Crippen molar-refractivity contribution in [2.45, 2.75) is 25.3 Å². The van der Waals surface area contributed by atoms with Crippen LogP contribution in [0.4, 0.5) is 0 Å². The molecule has 1 aliphatic carbocycles. The molecule has 3 heteroatoms. The Bertz CT molecular complexity index is 312. The zero-order chi connectivity index (χ0) is 9.26. The van der Waals surface area contributed by atoms with E-state index < -0.39 is 0 Å². The van der Waals surface area contributed by atoms with Crippen molar-refractivity contribution in [2.75, 3.05) is 0 Å². The van der Waals surface area contributed by atoms with Crippen molar-refractivity contribution >= 4 is 5.91 Å². The maximum Gasteiger partial charge on any atom is 0.253 e. The second-order valence-electron chi connectivity index (χ2n) is 3.67. The number of carbonyl (C=O) groups is 1. The maximum absolute atomic E-state index is 11.5. The second-order valence-corrected chi connectivity index (χ2v) is 3.67. The zero-order valence-electron chi connectivity index (χ0n) is 7.79. The Morgan fingerprint density at radius 3 is 2.85 bits per heavy atom. The summed E-state index contributed by atoms with van der Waals surface area (Å²) in [6.45, 7) is 0. The van der Waals surface area contributed by atoms with Gasteiger partial charge in [0.25, 0.3) is 5.91 Å². The fourth-order valence-corrected chi connectivity index (χ4v) is 1.46. The van der Waals surface area contributed by atoms with Gasteiger partial charge in [0.1, 0.15) is 0 Å². The van der Waals surface area contributed by atoms with Gasteiger partial charge in [0.2, 0.25) is 0 Å². The summed E-state index contributed by atoms with van der Waals surface area (Å²) in [6.07, 6.45) is 7.25. The summed E-state index contributed by atoms with van der Waals surface area (Å²) in [5, 5.41) is 2.99. The van der Waals surface area contributed by atoms with Gasteiger partial charge in [-0.1, -0.05) is 0 Å². The minimum Gasteiger partial charge on any atom is -0.356 e. The average molecular weight is 178 g/mol. The van der Waals surface area contributed by atoms with E-state index in [2.05, 4.69) is 5.32 Å². The molecule has 1 N–H and O–H groups in total. The molecule has 1 saturated carbocycles. The van der Waals surface area contributed by atoms with Crippen LogP contribution < -0.4 is 5.32 Å². The molecular formula is C10H14N2O. The third kappa shape index (κ3) is 1.74. The molecule has 0 spiro atoms. The predicted octanol–water partition coefficient (Wildman–Crippen LogP) is 1.31. The highest BCUT2D eigenvalue weighted by atomic mass is 16.1. The van der Waals surface area contributed by atoms with Gasteiger partial charge in [-0.15, -0.1) is 0 Å². The predicted molar refractivity (Wildman–Crippen MR) is 50.5 cm³/mol. The smallest absolute Gasteiger partial charge is 0.253 e. The van der Waals surface area contributed by atoms with Crippen molar-refractivity contribution in [3.63, 3.8) is 0 Å². The van der Waals surface area contributed by atoms with Crippen molar-refractivity contribution in [3.8, 4) is 0 Å². The van der Waals surface area contributed by atoms with Gasteiger partial charge >= 0.3 is 0 Å². The van der Waals surface area contributed by atoms with E-state index in [4.69, 9.17) is 0 Å². The number of hydrogen-bond donors (Lipinski definition) is 1. The largest absolute Gasteiger partial charge is 0.356 e. The first-order valence-electron chi connectivity index (χ1n) is 4.68. The van der Waals surface area contributed by atoms with Crippen molar-refractivity contribution in [2.24, 2.45) is 7.05 Å². The Balaban J connectivity index is 1.96. The van der Waals surface area contributed by atoms with Gasteiger partial charge in [0, 0.05) is 25.5 Å². The number of nitrogens with one attached hydrogen (secondary N) is 1. The van der Waals surface area contributed by atoms with E-state index in [1.165, 1.54) is 6.42 Å². The Kier molecular flexibility index (Phi) is 2.08. The molecule has 1 aromatic rings. The highest BCUT2D eigenvalue weighted by molar-refractivity contribution is 5.94. The number of nitrogens with zero attached hydrogens (tertiary/aromatic N) is 1. The molecule has 1 aromatic heterocycles. The van der Waals surface area contributed by atoms with Gasteiger partial charge in [-0.05, 0) is 25.3 Å². The van der Waals surface area contributed by atoms with Crippen molar-refractivity contribution in [1.29, 1.82) is 0 Å². The van der Waals surface area contributed by atoms with Crippen LogP contribution in [0, 0.1) is 0 Å². The summed E-state index contributed by atoms with van der Waals surface area (Å²) in [7, 11) is 1.92. The molecule has 1 fully saturated rings. The molecule has 1 heterocycles. The SMILES string of the molecule is Cn1ccc(C(=O)NC2CCC2)c1. The van der Waals surface area contributed by atoms with Crippen molar-refractivity contribution in [1.82, 2.24) is 9.88 Å². The summed E-state index contributed by atoms with van der Waals surface area (Å²) in [6, 6.07) is 2.27. The summed E-state index contributed by atoms with van der Waals surface area (Å²) in [5.41, 5.74) is 0.759. The van der Waals surface area contributed by atoms with Gasteiger partial charge in [-0.25, -0.2) is 0 Å². The second kappa shape index (κ2) is 3.24. The van der Waals surface area contributed by atoms with Crippen LogP contribution in [0.5, 0.6) is 0 Å². The van der Waals surface area contributed by atoms with E-state index in [-0.39, 0.29) is 5.91 Å². The number of hydrogen-bond acceptors (Lipinski definition) is 1. The molecule has 13 heavy (non-hydrogen) atoms. The number of amides is 1. The van der Waals surface area contributed by atoms with E-state index >= 15 is 0 Å². The summed E-state index contributed by atoms with van der Waals surface area (Å²) in [4.78, 5) is 11.5. The van der Waals surface area contributed by atoms with E-state index in [1.54, 1.807) is 0 Å². The highest BCUT2D eigenvalue weighted by Gasteiger charge is 2.20. The molecule has 0 atom stereocenters. The van der Waals surface area contributed by atoms with Crippen LogP contribution >= 0.6 is 0 Å². The van der Waals surface area contributed by atoms with E-state index in [0.29, 0.717) is 6.04 Å². The molecule has 1 amide bonds. The fourth-order valence-electron chi connectivity index (χ4n) is 1.46. The molecule has 0 unspecified atom stereocenters. The summed E-state index contributed by atoms with van der Waals surface area (Å²) >= 11 is 0. The van der Waals surface area contributed by atoms with Crippen LogP contribution in [-0.2, 0) is 7.05 Å².